The van der Waals surface area contributed by atoms with Crippen LogP contribution in [-0.4, -0.2) is 46.1 Å². The van der Waals surface area contributed by atoms with Gasteiger partial charge in [-0.05, 0) is 39.8 Å². The highest BCUT2D eigenvalue weighted by Crippen LogP contribution is 2.38. The van der Waals surface area contributed by atoms with Crippen molar-refractivity contribution in [3.05, 3.63) is 18.2 Å². The Bertz CT molecular complexity index is 489. The molecule has 1 aromatic rings. The summed E-state index contributed by atoms with van der Waals surface area (Å²) >= 11 is 0. The zero-order chi connectivity index (χ0) is 17.1. The van der Waals surface area contributed by atoms with Crippen LogP contribution in [0, 0.1) is 0 Å². The van der Waals surface area contributed by atoms with Crippen LogP contribution in [0.25, 0.3) is 0 Å². The van der Waals surface area contributed by atoms with Crippen LogP contribution in [0.4, 0.5) is 0 Å². The third kappa shape index (κ3) is 3.80. The molecule has 1 aliphatic heterocycles. The van der Waals surface area contributed by atoms with Crippen LogP contribution in [0.3, 0.4) is 0 Å². The fourth-order valence-corrected chi connectivity index (χ4v) is 2.21. The molecule has 23 heavy (non-hydrogen) atoms. The maximum Gasteiger partial charge on any atom is 0.502 e. The summed E-state index contributed by atoms with van der Waals surface area (Å²) in [5, 5.41) is 0. The van der Waals surface area contributed by atoms with Gasteiger partial charge in [-0.3, -0.25) is 0 Å². The molecule has 1 aliphatic rings. The smallest absolute Gasteiger partial charge is 0.468 e. The van der Waals surface area contributed by atoms with E-state index in [9.17, 15) is 0 Å². The molecule has 0 radical (unpaired) electrons. The highest BCUT2D eigenvalue weighted by atomic mass is 16.7. The van der Waals surface area contributed by atoms with E-state index in [1.54, 1.807) is 14.2 Å². The first-order valence-corrected chi connectivity index (χ1v) is 7.54. The fraction of sp³-hybridized carbons (Fsp3) is 0.625. The van der Waals surface area contributed by atoms with Crippen molar-refractivity contribution < 1.29 is 28.3 Å². The molecule has 0 aromatic heterocycles. The minimum absolute atomic E-state index is 0.125. The predicted octanol–water partition coefficient (Wildman–Crippen LogP) is 1.95. The SMILES string of the molecule is COCOc1cccc(OCOC)c1B1OC(C)(C)C(C)(C)O1. The second-order valence-corrected chi connectivity index (χ2v) is 6.36. The molecule has 0 saturated carbocycles. The van der Waals surface area contributed by atoms with Crippen LogP contribution < -0.4 is 14.9 Å². The molecule has 0 amide bonds. The Morgan fingerprint density at radius 3 is 1.70 bits per heavy atom. The van der Waals surface area contributed by atoms with Crippen molar-refractivity contribution in [2.24, 2.45) is 0 Å². The Balaban J connectivity index is 2.37. The van der Waals surface area contributed by atoms with Gasteiger partial charge in [0.15, 0.2) is 13.6 Å². The summed E-state index contributed by atoms with van der Waals surface area (Å²) < 4.78 is 33.6. The van der Waals surface area contributed by atoms with Gasteiger partial charge in [0.25, 0.3) is 0 Å². The number of hydrogen-bond acceptors (Lipinski definition) is 6. The summed E-state index contributed by atoms with van der Waals surface area (Å²) in [6.07, 6.45) is 0. The molecule has 7 heteroatoms. The summed E-state index contributed by atoms with van der Waals surface area (Å²) in [7, 11) is 2.54. The van der Waals surface area contributed by atoms with Gasteiger partial charge in [-0.25, -0.2) is 0 Å². The van der Waals surface area contributed by atoms with Gasteiger partial charge in [-0.1, -0.05) is 6.07 Å². The van der Waals surface area contributed by atoms with Crippen LogP contribution in [0.2, 0.25) is 0 Å². The zero-order valence-electron chi connectivity index (χ0n) is 14.7. The summed E-state index contributed by atoms with van der Waals surface area (Å²) in [6, 6.07) is 5.50. The van der Waals surface area contributed by atoms with E-state index in [0.29, 0.717) is 17.0 Å². The van der Waals surface area contributed by atoms with Gasteiger partial charge in [0.1, 0.15) is 11.5 Å². The molecule has 128 valence electrons. The van der Waals surface area contributed by atoms with Gasteiger partial charge in [0.05, 0.1) is 16.7 Å². The molecule has 2 rings (SSSR count). The predicted molar refractivity (Wildman–Crippen MR) is 87.2 cm³/mol. The monoisotopic (exact) mass is 324 g/mol. The van der Waals surface area contributed by atoms with Crippen molar-refractivity contribution in [2.75, 3.05) is 27.8 Å². The molecule has 6 nitrogen and oxygen atoms in total. The first-order valence-electron chi connectivity index (χ1n) is 7.54. The molecule has 0 bridgehead atoms. The van der Waals surface area contributed by atoms with E-state index >= 15 is 0 Å². The first-order chi connectivity index (χ1) is 10.8. The van der Waals surface area contributed by atoms with Crippen LogP contribution >= 0.6 is 0 Å². The highest BCUT2D eigenvalue weighted by Gasteiger charge is 2.53. The van der Waals surface area contributed by atoms with E-state index < -0.39 is 18.3 Å². The van der Waals surface area contributed by atoms with Gasteiger partial charge in [-0.2, -0.15) is 0 Å². The Morgan fingerprint density at radius 1 is 0.870 bits per heavy atom. The highest BCUT2D eigenvalue weighted by molar-refractivity contribution is 6.64. The van der Waals surface area contributed by atoms with Crippen molar-refractivity contribution in [2.45, 2.75) is 38.9 Å². The van der Waals surface area contributed by atoms with E-state index in [0.717, 1.165) is 0 Å². The lowest BCUT2D eigenvalue weighted by Crippen LogP contribution is -2.41. The van der Waals surface area contributed by atoms with Crippen LogP contribution in [0.15, 0.2) is 18.2 Å². The Morgan fingerprint density at radius 2 is 1.30 bits per heavy atom. The lowest BCUT2D eigenvalue weighted by atomic mass is 9.77. The molecule has 0 atom stereocenters. The van der Waals surface area contributed by atoms with E-state index in [2.05, 4.69) is 0 Å². The maximum atomic E-state index is 6.13. The summed E-state index contributed by atoms with van der Waals surface area (Å²) in [4.78, 5) is 0. The number of ether oxygens (including phenoxy) is 4. The first kappa shape index (κ1) is 18.1. The second kappa shape index (κ2) is 7.09. The van der Waals surface area contributed by atoms with Gasteiger partial charge in [-0.15, -0.1) is 0 Å². The minimum atomic E-state index is -0.597. The summed E-state index contributed by atoms with van der Waals surface area (Å²) in [5.41, 5.74) is -0.213. The third-order valence-corrected chi connectivity index (χ3v) is 4.18. The van der Waals surface area contributed by atoms with E-state index in [1.807, 2.05) is 45.9 Å². The minimum Gasteiger partial charge on any atom is -0.468 e. The number of hydrogen-bond donors (Lipinski definition) is 0. The normalized spacial score (nSPS) is 19.0. The molecular formula is C16H25BO6. The van der Waals surface area contributed by atoms with E-state index in [-0.39, 0.29) is 13.6 Å². The molecule has 0 N–H and O–H groups in total. The van der Waals surface area contributed by atoms with Gasteiger partial charge >= 0.3 is 7.12 Å². The number of benzene rings is 1. The van der Waals surface area contributed by atoms with Crippen molar-refractivity contribution in [1.82, 2.24) is 0 Å². The zero-order valence-corrected chi connectivity index (χ0v) is 14.7. The summed E-state index contributed by atoms with van der Waals surface area (Å²) in [6.45, 7) is 8.26. The Labute approximate surface area is 138 Å². The third-order valence-electron chi connectivity index (χ3n) is 4.18. The molecule has 0 aliphatic carbocycles. The van der Waals surface area contributed by atoms with Gasteiger partial charge in [0, 0.05) is 14.2 Å². The Hall–Kier alpha value is -1.28. The lowest BCUT2D eigenvalue weighted by molar-refractivity contribution is 0.00578. The maximum absolute atomic E-state index is 6.13. The molecule has 1 heterocycles. The standard InChI is InChI=1S/C16H25BO6/c1-15(2)16(3,4)23-17(22-15)14-12(20-10-18-5)8-7-9-13(14)21-11-19-6/h7-9H,10-11H2,1-6H3. The Kier molecular flexibility index (Phi) is 5.57. The molecule has 1 aromatic carbocycles. The lowest BCUT2D eigenvalue weighted by Gasteiger charge is -2.32. The van der Waals surface area contributed by atoms with Crippen molar-refractivity contribution in [3.8, 4) is 11.5 Å². The number of methoxy groups -OCH3 is 2. The quantitative estimate of drug-likeness (QED) is 0.564. The molecular weight excluding hydrogens is 299 g/mol. The summed E-state index contributed by atoms with van der Waals surface area (Å²) in [5.74, 6) is 1.19. The average Bonchev–Trinajstić information content (AvgIpc) is 2.70. The van der Waals surface area contributed by atoms with Crippen molar-refractivity contribution in [1.29, 1.82) is 0 Å². The molecule has 1 saturated heterocycles. The van der Waals surface area contributed by atoms with Crippen molar-refractivity contribution in [3.63, 3.8) is 0 Å². The molecule has 0 spiro atoms. The van der Waals surface area contributed by atoms with Gasteiger partial charge in [0.2, 0.25) is 0 Å². The van der Waals surface area contributed by atoms with E-state index in [1.165, 1.54) is 0 Å². The largest absolute Gasteiger partial charge is 0.502 e. The van der Waals surface area contributed by atoms with Crippen LogP contribution in [0.1, 0.15) is 27.7 Å². The van der Waals surface area contributed by atoms with Crippen molar-refractivity contribution >= 4 is 12.6 Å². The van der Waals surface area contributed by atoms with Crippen LogP contribution in [0.5, 0.6) is 11.5 Å². The molecule has 1 fully saturated rings. The van der Waals surface area contributed by atoms with Crippen LogP contribution in [-0.2, 0) is 18.8 Å². The fourth-order valence-electron chi connectivity index (χ4n) is 2.21. The topological polar surface area (TPSA) is 55.4 Å². The van der Waals surface area contributed by atoms with Gasteiger partial charge < -0.3 is 28.3 Å². The van der Waals surface area contributed by atoms with E-state index in [4.69, 9.17) is 28.3 Å². The molecule has 0 unspecified atom stereocenters. The second-order valence-electron chi connectivity index (χ2n) is 6.36. The number of rotatable bonds is 7. The average molecular weight is 324 g/mol.